The molecule has 5 heteroatoms. The zero-order valence-electron chi connectivity index (χ0n) is 9.95. The topological polar surface area (TPSA) is 42.1 Å². The second kappa shape index (κ2) is 5.95. The molecule has 0 aliphatic rings. The van der Waals surface area contributed by atoms with E-state index in [1.54, 1.807) is 30.3 Å². The van der Waals surface area contributed by atoms with Crippen LogP contribution in [0.5, 0.6) is 5.75 Å². The Labute approximate surface area is 120 Å². The van der Waals surface area contributed by atoms with Crippen molar-refractivity contribution in [2.45, 2.75) is 0 Å². The molecule has 0 spiro atoms. The van der Waals surface area contributed by atoms with Crippen LogP contribution in [0.15, 0.2) is 43.0 Å². The number of nitrogens with one attached hydrogen (secondary N) is 1. The second-order valence-electron chi connectivity index (χ2n) is 3.77. The fraction of sp³-hybridized carbons (Fsp3) is 0.0714. The fourth-order valence-electron chi connectivity index (χ4n) is 1.60. The predicted molar refractivity (Wildman–Crippen MR) is 76.4 cm³/mol. The van der Waals surface area contributed by atoms with Crippen LogP contribution in [0.2, 0.25) is 10.2 Å². The van der Waals surface area contributed by atoms with Crippen molar-refractivity contribution in [2.75, 3.05) is 6.61 Å². The van der Waals surface area contributed by atoms with Gasteiger partial charge in [0.05, 0.1) is 16.3 Å². The van der Waals surface area contributed by atoms with Crippen LogP contribution in [0, 0.1) is 0 Å². The summed E-state index contributed by atoms with van der Waals surface area (Å²) < 4.78 is 5.45. The lowest BCUT2D eigenvalue weighted by atomic mass is 10.1. The minimum Gasteiger partial charge on any atom is -0.489 e. The van der Waals surface area contributed by atoms with Crippen LogP contribution in [0.25, 0.3) is 0 Å². The van der Waals surface area contributed by atoms with E-state index in [1.165, 1.54) is 6.07 Å². The van der Waals surface area contributed by atoms with E-state index in [2.05, 4.69) is 11.6 Å². The number of aromatic nitrogens is 1. The van der Waals surface area contributed by atoms with E-state index in [0.717, 1.165) is 0 Å². The van der Waals surface area contributed by atoms with Crippen molar-refractivity contribution in [3.05, 3.63) is 64.4 Å². The van der Waals surface area contributed by atoms with Gasteiger partial charge in [-0.05, 0) is 18.2 Å². The number of carbonyl (C=O) groups is 1. The molecule has 0 unspecified atom stereocenters. The number of carbonyl (C=O) groups excluding carboxylic acids is 1. The highest BCUT2D eigenvalue weighted by atomic mass is 35.5. The zero-order valence-corrected chi connectivity index (χ0v) is 11.5. The molecule has 0 radical (unpaired) electrons. The number of rotatable bonds is 5. The first-order chi connectivity index (χ1) is 9.13. The first-order valence-electron chi connectivity index (χ1n) is 5.55. The molecule has 0 bridgehead atoms. The summed E-state index contributed by atoms with van der Waals surface area (Å²) in [5.41, 5.74) is 0.767. The Morgan fingerprint density at radius 2 is 2.11 bits per heavy atom. The van der Waals surface area contributed by atoms with Gasteiger partial charge < -0.3 is 9.72 Å². The predicted octanol–water partition coefficient (Wildman–Crippen LogP) is 4.12. The van der Waals surface area contributed by atoms with Crippen molar-refractivity contribution >= 4 is 29.0 Å². The molecule has 0 aliphatic carbocycles. The number of ether oxygens (including phenoxy) is 1. The lowest BCUT2D eigenvalue weighted by molar-refractivity contribution is 0.103. The highest BCUT2D eigenvalue weighted by molar-refractivity contribution is 6.41. The second-order valence-corrected chi connectivity index (χ2v) is 4.56. The molecule has 2 rings (SSSR count). The Bertz CT molecular complexity index is 600. The van der Waals surface area contributed by atoms with Gasteiger partial charge in [0.25, 0.3) is 0 Å². The number of halogens is 2. The number of H-pyrrole nitrogens is 1. The summed E-state index contributed by atoms with van der Waals surface area (Å²) in [7, 11) is 0. The molecule has 0 saturated carbocycles. The first-order valence-corrected chi connectivity index (χ1v) is 6.30. The third-order valence-corrected chi connectivity index (χ3v) is 3.15. The fourth-order valence-corrected chi connectivity index (χ4v) is 1.91. The van der Waals surface area contributed by atoms with Gasteiger partial charge in [0.2, 0.25) is 5.78 Å². The molecule has 98 valence electrons. The van der Waals surface area contributed by atoms with Crippen LogP contribution in [0.4, 0.5) is 0 Å². The maximum atomic E-state index is 12.3. The summed E-state index contributed by atoms with van der Waals surface area (Å²) in [5, 5.41) is 0.559. The largest absolute Gasteiger partial charge is 0.489 e. The molecule has 0 aliphatic heterocycles. The Morgan fingerprint density at radius 1 is 1.37 bits per heavy atom. The third kappa shape index (κ3) is 3.00. The van der Waals surface area contributed by atoms with Crippen molar-refractivity contribution in [1.82, 2.24) is 4.98 Å². The molecule has 0 fully saturated rings. The standard InChI is InChI=1S/C14H11Cl2NO2/c1-2-7-19-12-6-4-3-5-9(12)13(18)11-8-10(15)14(16)17-11/h2-6,8,17H,1,7H2. The van der Waals surface area contributed by atoms with Crippen molar-refractivity contribution in [3.8, 4) is 5.75 Å². The summed E-state index contributed by atoms with van der Waals surface area (Å²) in [4.78, 5) is 15.1. The summed E-state index contributed by atoms with van der Waals surface area (Å²) in [5.74, 6) is 0.266. The normalized spacial score (nSPS) is 10.2. The number of aromatic amines is 1. The SMILES string of the molecule is C=CCOc1ccccc1C(=O)c1cc(Cl)c(Cl)[nH]1. The summed E-state index contributed by atoms with van der Waals surface area (Å²) in [6.07, 6.45) is 1.61. The van der Waals surface area contributed by atoms with Crippen molar-refractivity contribution in [2.24, 2.45) is 0 Å². The van der Waals surface area contributed by atoms with Crippen LogP contribution in [-0.4, -0.2) is 17.4 Å². The van der Waals surface area contributed by atoms with Crippen LogP contribution in [0.3, 0.4) is 0 Å². The first kappa shape index (κ1) is 13.7. The molecule has 19 heavy (non-hydrogen) atoms. The maximum absolute atomic E-state index is 12.3. The highest BCUT2D eigenvalue weighted by Gasteiger charge is 2.17. The smallest absolute Gasteiger partial charge is 0.212 e. The monoisotopic (exact) mass is 295 g/mol. The van der Waals surface area contributed by atoms with Gasteiger partial charge in [0.15, 0.2) is 0 Å². The molecule has 1 aromatic heterocycles. The number of para-hydroxylation sites is 1. The van der Waals surface area contributed by atoms with Crippen LogP contribution < -0.4 is 4.74 Å². The summed E-state index contributed by atoms with van der Waals surface area (Å²) >= 11 is 11.6. The Balaban J connectivity index is 2.35. The lowest BCUT2D eigenvalue weighted by Gasteiger charge is -2.08. The van der Waals surface area contributed by atoms with Gasteiger partial charge in [-0.1, -0.05) is 48.0 Å². The summed E-state index contributed by atoms with van der Waals surface area (Å²) in [6, 6.07) is 8.47. The highest BCUT2D eigenvalue weighted by Crippen LogP contribution is 2.26. The average Bonchev–Trinajstić information content (AvgIpc) is 2.76. The van der Waals surface area contributed by atoms with Gasteiger partial charge in [-0.3, -0.25) is 4.79 Å². The molecular formula is C14H11Cl2NO2. The maximum Gasteiger partial charge on any atom is 0.212 e. The molecule has 1 heterocycles. The Hall–Kier alpha value is -1.71. The molecule has 0 atom stereocenters. The lowest BCUT2D eigenvalue weighted by Crippen LogP contribution is -2.05. The van der Waals surface area contributed by atoms with E-state index in [4.69, 9.17) is 27.9 Å². The molecule has 0 saturated heterocycles. The minimum absolute atomic E-state index is 0.228. The molecule has 3 nitrogen and oxygen atoms in total. The quantitative estimate of drug-likeness (QED) is 0.666. The van der Waals surface area contributed by atoms with E-state index in [1.807, 2.05) is 0 Å². The number of ketones is 1. The van der Waals surface area contributed by atoms with Gasteiger partial charge in [-0.15, -0.1) is 0 Å². The van der Waals surface area contributed by atoms with Gasteiger partial charge in [-0.2, -0.15) is 0 Å². The van der Waals surface area contributed by atoms with E-state index < -0.39 is 0 Å². The third-order valence-electron chi connectivity index (χ3n) is 2.46. The number of benzene rings is 1. The Kier molecular flexibility index (Phi) is 4.30. The van der Waals surface area contributed by atoms with Gasteiger partial charge in [0.1, 0.15) is 17.5 Å². The number of hydrogen-bond acceptors (Lipinski definition) is 2. The zero-order chi connectivity index (χ0) is 13.8. The molecule has 0 amide bonds. The van der Waals surface area contributed by atoms with E-state index in [0.29, 0.717) is 28.6 Å². The molecule has 1 aromatic carbocycles. The van der Waals surface area contributed by atoms with Crippen LogP contribution in [-0.2, 0) is 0 Å². The molecular weight excluding hydrogens is 285 g/mol. The Morgan fingerprint density at radius 3 is 2.74 bits per heavy atom. The van der Waals surface area contributed by atoms with Gasteiger partial charge >= 0.3 is 0 Å². The molecule has 2 aromatic rings. The van der Waals surface area contributed by atoms with Crippen molar-refractivity contribution in [1.29, 1.82) is 0 Å². The van der Waals surface area contributed by atoms with Gasteiger partial charge in [0, 0.05) is 0 Å². The average molecular weight is 296 g/mol. The van der Waals surface area contributed by atoms with E-state index in [-0.39, 0.29) is 10.9 Å². The van der Waals surface area contributed by atoms with Crippen molar-refractivity contribution < 1.29 is 9.53 Å². The van der Waals surface area contributed by atoms with Gasteiger partial charge in [-0.25, -0.2) is 0 Å². The van der Waals surface area contributed by atoms with E-state index in [9.17, 15) is 4.79 Å². The van der Waals surface area contributed by atoms with Crippen LogP contribution in [0.1, 0.15) is 16.1 Å². The minimum atomic E-state index is -0.228. The van der Waals surface area contributed by atoms with E-state index >= 15 is 0 Å². The van der Waals surface area contributed by atoms with Crippen molar-refractivity contribution in [3.63, 3.8) is 0 Å². The molecule has 1 N–H and O–H groups in total. The van der Waals surface area contributed by atoms with Crippen LogP contribution >= 0.6 is 23.2 Å². The number of hydrogen-bond donors (Lipinski definition) is 1. The summed E-state index contributed by atoms with van der Waals surface area (Å²) in [6.45, 7) is 3.90.